The molecule has 0 radical (unpaired) electrons. The normalized spacial score (nSPS) is 24.9. The van der Waals surface area contributed by atoms with Crippen LogP contribution in [-0.2, 0) is 10.0 Å². The van der Waals surface area contributed by atoms with Crippen molar-refractivity contribution in [2.45, 2.75) is 32.1 Å². The molecule has 2 aliphatic heterocycles. The van der Waals surface area contributed by atoms with Crippen LogP contribution in [0.2, 0.25) is 0 Å². The van der Waals surface area contributed by atoms with Gasteiger partial charge >= 0.3 is 0 Å². The number of sulfonamides is 1. The van der Waals surface area contributed by atoms with Gasteiger partial charge in [0, 0.05) is 13.1 Å². The molecule has 0 bridgehead atoms. The molecule has 2 rings (SSSR count). The molecule has 0 amide bonds. The SMILES string of the molecule is O=S(=O)(CC1CCNCC1)NN1CCCCC1. The molecule has 0 aromatic heterocycles. The first-order valence-corrected chi connectivity index (χ1v) is 8.27. The molecule has 2 fully saturated rings. The van der Waals surface area contributed by atoms with Crippen LogP contribution in [-0.4, -0.2) is 45.4 Å². The highest BCUT2D eigenvalue weighted by Crippen LogP contribution is 2.14. The van der Waals surface area contributed by atoms with Gasteiger partial charge in [-0.3, -0.25) is 0 Å². The van der Waals surface area contributed by atoms with E-state index in [4.69, 9.17) is 0 Å². The van der Waals surface area contributed by atoms with Crippen LogP contribution >= 0.6 is 0 Å². The summed E-state index contributed by atoms with van der Waals surface area (Å²) in [7, 11) is -3.13. The van der Waals surface area contributed by atoms with Crippen molar-refractivity contribution >= 4 is 10.0 Å². The minimum atomic E-state index is -3.13. The molecule has 6 heteroatoms. The first kappa shape index (κ1) is 13.3. The van der Waals surface area contributed by atoms with Gasteiger partial charge in [0.05, 0.1) is 5.75 Å². The lowest BCUT2D eigenvalue weighted by Gasteiger charge is -2.28. The Bertz CT molecular complexity index is 294. The Labute approximate surface area is 104 Å². The second-order valence-electron chi connectivity index (χ2n) is 5.11. The molecular weight excluding hydrogens is 238 g/mol. The first-order chi connectivity index (χ1) is 8.16. The molecule has 2 saturated heterocycles. The van der Waals surface area contributed by atoms with Crippen molar-refractivity contribution in [3.63, 3.8) is 0 Å². The van der Waals surface area contributed by atoms with Crippen LogP contribution in [0.25, 0.3) is 0 Å². The number of rotatable bonds is 4. The fourth-order valence-corrected chi connectivity index (χ4v) is 4.18. The maximum Gasteiger partial charge on any atom is 0.224 e. The second kappa shape index (κ2) is 6.13. The Morgan fingerprint density at radius 1 is 1.12 bits per heavy atom. The monoisotopic (exact) mass is 261 g/mol. The van der Waals surface area contributed by atoms with Gasteiger partial charge in [0.15, 0.2) is 0 Å². The van der Waals surface area contributed by atoms with Crippen molar-refractivity contribution in [3.05, 3.63) is 0 Å². The fraction of sp³-hybridized carbons (Fsp3) is 1.00. The zero-order valence-electron chi connectivity index (χ0n) is 10.3. The van der Waals surface area contributed by atoms with E-state index in [0.717, 1.165) is 51.9 Å². The molecule has 0 aromatic carbocycles. The Balaban J connectivity index is 1.80. The zero-order valence-corrected chi connectivity index (χ0v) is 11.1. The van der Waals surface area contributed by atoms with Gasteiger partial charge in [0.1, 0.15) is 0 Å². The van der Waals surface area contributed by atoms with Crippen molar-refractivity contribution in [1.29, 1.82) is 0 Å². The summed E-state index contributed by atoms with van der Waals surface area (Å²) in [4.78, 5) is 2.73. The molecule has 0 atom stereocenters. The lowest BCUT2D eigenvalue weighted by atomic mass is 10.0. The van der Waals surface area contributed by atoms with Crippen LogP contribution < -0.4 is 10.1 Å². The quantitative estimate of drug-likeness (QED) is 0.764. The summed E-state index contributed by atoms with van der Waals surface area (Å²) in [5.74, 6) is 0.601. The maximum absolute atomic E-state index is 12.0. The molecule has 2 aliphatic rings. The third kappa shape index (κ3) is 4.54. The third-order valence-corrected chi connectivity index (χ3v) is 4.98. The Morgan fingerprint density at radius 3 is 2.41 bits per heavy atom. The molecule has 2 N–H and O–H groups in total. The molecular formula is C11H23N3O2S. The summed E-state index contributed by atoms with van der Waals surface area (Å²) in [6, 6.07) is 0. The van der Waals surface area contributed by atoms with E-state index in [9.17, 15) is 8.42 Å². The Morgan fingerprint density at radius 2 is 1.76 bits per heavy atom. The largest absolute Gasteiger partial charge is 0.317 e. The Kier molecular flexibility index (Phi) is 4.78. The van der Waals surface area contributed by atoms with E-state index >= 15 is 0 Å². The smallest absolute Gasteiger partial charge is 0.224 e. The lowest BCUT2D eigenvalue weighted by Crippen LogP contribution is -2.47. The van der Waals surface area contributed by atoms with E-state index in [1.54, 1.807) is 0 Å². The summed E-state index contributed by atoms with van der Waals surface area (Å²) in [5, 5.41) is 5.12. The molecule has 2 heterocycles. The number of nitrogens with zero attached hydrogens (tertiary/aromatic N) is 1. The number of hydrazine groups is 1. The van der Waals surface area contributed by atoms with Gasteiger partial charge in [-0.2, -0.15) is 0 Å². The number of hydrogen-bond acceptors (Lipinski definition) is 4. The van der Waals surface area contributed by atoms with Crippen molar-refractivity contribution < 1.29 is 8.42 Å². The Hall–Kier alpha value is -0.170. The van der Waals surface area contributed by atoms with Crippen LogP contribution in [0.4, 0.5) is 0 Å². The van der Waals surface area contributed by atoms with Crippen molar-refractivity contribution in [3.8, 4) is 0 Å². The van der Waals surface area contributed by atoms with E-state index in [1.165, 1.54) is 6.42 Å². The van der Waals surface area contributed by atoms with Crippen molar-refractivity contribution in [2.24, 2.45) is 5.92 Å². The third-order valence-electron chi connectivity index (χ3n) is 3.54. The molecule has 0 aromatic rings. The summed E-state index contributed by atoms with van der Waals surface area (Å²) in [5.41, 5.74) is 0. The summed E-state index contributed by atoms with van der Waals surface area (Å²) >= 11 is 0. The predicted molar refractivity (Wildman–Crippen MR) is 67.9 cm³/mol. The topological polar surface area (TPSA) is 61.4 Å². The summed E-state index contributed by atoms with van der Waals surface area (Å²) in [6.45, 7) is 3.60. The highest BCUT2D eigenvalue weighted by Gasteiger charge is 2.23. The summed E-state index contributed by atoms with van der Waals surface area (Å²) in [6.07, 6.45) is 5.35. The summed E-state index contributed by atoms with van der Waals surface area (Å²) < 4.78 is 24.0. The lowest BCUT2D eigenvalue weighted by molar-refractivity contribution is 0.199. The van der Waals surface area contributed by atoms with Crippen molar-refractivity contribution in [1.82, 2.24) is 15.2 Å². The van der Waals surface area contributed by atoms with Crippen LogP contribution in [0, 0.1) is 5.92 Å². The minimum absolute atomic E-state index is 0.283. The first-order valence-electron chi connectivity index (χ1n) is 6.61. The minimum Gasteiger partial charge on any atom is -0.317 e. The van der Waals surface area contributed by atoms with Gasteiger partial charge in [-0.25, -0.2) is 13.4 Å². The van der Waals surface area contributed by atoms with Gasteiger partial charge < -0.3 is 5.32 Å². The standard InChI is InChI=1S/C11H23N3O2S/c15-17(16,10-11-4-6-12-7-5-11)13-14-8-2-1-3-9-14/h11-13H,1-10H2. The number of nitrogens with one attached hydrogen (secondary N) is 2. The van der Waals surface area contributed by atoms with Gasteiger partial charge in [-0.15, -0.1) is 4.83 Å². The maximum atomic E-state index is 12.0. The molecule has 0 aliphatic carbocycles. The van der Waals surface area contributed by atoms with Gasteiger partial charge in [0.25, 0.3) is 0 Å². The molecule has 100 valence electrons. The molecule has 0 spiro atoms. The van der Waals surface area contributed by atoms with Crippen molar-refractivity contribution in [2.75, 3.05) is 31.9 Å². The fourth-order valence-electron chi connectivity index (χ4n) is 2.58. The molecule has 5 nitrogen and oxygen atoms in total. The van der Waals surface area contributed by atoms with E-state index in [-0.39, 0.29) is 5.75 Å². The highest BCUT2D eigenvalue weighted by atomic mass is 32.2. The molecule has 17 heavy (non-hydrogen) atoms. The number of piperidine rings is 2. The average Bonchev–Trinajstić information content (AvgIpc) is 2.30. The molecule has 0 saturated carbocycles. The van der Waals surface area contributed by atoms with Gasteiger partial charge in [-0.05, 0) is 44.7 Å². The van der Waals surface area contributed by atoms with Crippen LogP contribution in [0.15, 0.2) is 0 Å². The van der Waals surface area contributed by atoms with E-state index < -0.39 is 10.0 Å². The van der Waals surface area contributed by atoms with E-state index in [2.05, 4.69) is 10.1 Å². The average molecular weight is 261 g/mol. The number of hydrogen-bond donors (Lipinski definition) is 2. The molecule has 0 unspecified atom stereocenters. The van der Waals surface area contributed by atoms with E-state index in [0.29, 0.717) is 5.92 Å². The zero-order chi connectivity index (χ0) is 12.1. The van der Waals surface area contributed by atoms with E-state index in [1.807, 2.05) is 5.01 Å². The van der Waals surface area contributed by atoms with Crippen LogP contribution in [0.3, 0.4) is 0 Å². The van der Waals surface area contributed by atoms with Gasteiger partial charge in [0.2, 0.25) is 10.0 Å². The van der Waals surface area contributed by atoms with Crippen LogP contribution in [0.5, 0.6) is 0 Å². The van der Waals surface area contributed by atoms with Gasteiger partial charge in [-0.1, -0.05) is 6.42 Å². The predicted octanol–water partition coefficient (Wildman–Crippen LogP) is 0.306. The highest BCUT2D eigenvalue weighted by molar-refractivity contribution is 7.89. The second-order valence-corrected chi connectivity index (χ2v) is 6.86. The van der Waals surface area contributed by atoms with Crippen LogP contribution in [0.1, 0.15) is 32.1 Å².